The Labute approximate surface area is 93.3 Å². The normalized spacial score (nSPS) is 12.5. The number of aromatic nitrogens is 2. The van der Waals surface area contributed by atoms with Crippen LogP contribution in [-0.4, -0.2) is 26.1 Å². The third kappa shape index (κ3) is 2.44. The Morgan fingerprint density at radius 3 is 2.67 bits per heavy atom. The van der Waals surface area contributed by atoms with E-state index in [2.05, 4.69) is 24.1 Å². The van der Waals surface area contributed by atoms with Gasteiger partial charge >= 0.3 is 0 Å². The molecule has 5 nitrogen and oxygen atoms in total. The summed E-state index contributed by atoms with van der Waals surface area (Å²) in [6.07, 6.45) is 0. The smallest absolute Gasteiger partial charge is 0.174 e. The summed E-state index contributed by atoms with van der Waals surface area (Å²) in [5.74, 6) is 0.115. The molecule has 0 atom stereocenters. The van der Waals surface area contributed by atoms with Crippen molar-refractivity contribution in [3.05, 3.63) is 11.3 Å². The van der Waals surface area contributed by atoms with Gasteiger partial charge in [0.2, 0.25) is 0 Å². The first kappa shape index (κ1) is 11.9. The Bertz CT molecular complexity index is 384. The summed E-state index contributed by atoms with van der Waals surface area (Å²) in [5.41, 5.74) is 7.11. The lowest BCUT2D eigenvalue weighted by molar-refractivity contribution is 0.318. The van der Waals surface area contributed by atoms with E-state index < -0.39 is 0 Å². The maximum absolute atomic E-state index is 8.70. The standard InChI is InChI=1S/C9H16N4OS/c1-5(2)15-9-7(8(10)12-14)6(3)11-13(9)4/h5,14H,1-4H3,(H2,10,12). The van der Waals surface area contributed by atoms with E-state index in [0.29, 0.717) is 5.25 Å². The lowest BCUT2D eigenvalue weighted by Gasteiger charge is -2.07. The number of thioether (sulfide) groups is 1. The molecule has 0 amide bonds. The van der Waals surface area contributed by atoms with Gasteiger partial charge in [-0.1, -0.05) is 19.0 Å². The van der Waals surface area contributed by atoms with E-state index in [1.807, 2.05) is 14.0 Å². The van der Waals surface area contributed by atoms with Crippen molar-refractivity contribution in [1.29, 1.82) is 0 Å². The minimum Gasteiger partial charge on any atom is -0.409 e. The fraction of sp³-hybridized carbons (Fsp3) is 0.556. The first-order valence-electron chi connectivity index (χ1n) is 4.65. The zero-order valence-electron chi connectivity index (χ0n) is 9.35. The predicted octanol–water partition coefficient (Wildman–Crippen LogP) is 1.32. The van der Waals surface area contributed by atoms with Gasteiger partial charge in [0.25, 0.3) is 0 Å². The Morgan fingerprint density at radius 1 is 1.60 bits per heavy atom. The minimum absolute atomic E-state index is 0.115. The number of hydrogen-bond donors (Lipinski definition) is 2. The molecule has 0 unspecified atom stereocenters. The molecule has 0 saturated carbocycles. The van der Waals surface area contributed by atoms with Crippen molar-refractivity contribution in [2.75, 3.05) is 0 Å². The van der Waals surface area contributed by atoms with Crippen LogP contribution in [-0.2, 0) is 7.05 Å². The van der Waals surface area contributed by atoms with Crippen molar-refractivity contribution in [1.82, 2.24) is 9.78 Å². The highest BCUT2D eigenvalue weighted by Crippen LogP contribution is 2.27. The van der Waals surface area contributed by atoms with E-state index in [1.54, 1.807) is 16.4 Å². The molecule has 0 saturated heterocycles. The molecule has 1 rings (SSSR count). The molecule has 1 aromatic rings. The molecule has 0 aliphatic heterocycles. The van der Waals surface area contributed by atoms with Crippen molar-refractivity contribution in [2.24, 2.45) is 17.9 Å². The minimum atomic E-state index is 0.115. The number of amidine groups is 1. The summed E-state index contributed by atoms with van der Waals surface area (Å²) >= 11 is 1.64. The first-order chi connectivity index (χ1) is 6.97. The van der Waals surface area contributed by atoms with Crippen LogP contribution in [0.3, 0.4) is 0 Å². The number of nitrogens with two attached hydrogens (primary N) is 1. The van der Waals surface area contributed by atoms with Gasteiger partial charge < -0.3 is 10.9 Å². The third-order valence-electron chi connectivity index (χ3n) is 1.88. The first-order valence-corrected chi connectivity index (χ1v) is 5.53. The molecular formula is C9H16N4OS. The molecule has 0 radical (unpaired) electrons. The van der Waals surface area contributed by atoms with Gasteiger partial charge in [-0.3, -0.25) is 4.68 Å². The van der Waals surface area contributed by atoms with Crippen molar-refractivity contribution in [3.8, 4) is 0 Å². The zero-order chi connectivity index (χ0) is 11.6. The molecule has 6 heteroatoms. The van der Waals surface area contributed by atoms with Crippen LogP contribution in [0.25, 0.3) is 0 Å². The second kappa shape index (κ2) is 4.57. The molecule has 0 aliphatic carbocycles. The molecule has 1 heterocycles. The van der Waals surface area contributed by atoms with Gasteiger partial charge in [0.05, 0.1) is 11.3 Å². The van der Waals surface area contributed by atoms with Crippen LogP contribution in [0.15, 0.2) is 10.2 Å². The van der Waals surface area contributed by atoms with Crippen LogP contribution in [0.1, 0.15) is 25.1 Å². The fourth-order valence-corrected chi connectivity index (χ4v) is 2.35. The Balaban J connectivity index is 3.23. The highest BCUT2D eigenvalue weighted by atomic mass is 32.2. The number of oxime groups is 1. The summed E-state index contributed by atoms with van der Waals surface area (Å²) in [7, 11) is 1.85. The number of hydrogen-bond acceptors (Lipinski definition) is 4. The van der Waals surface area contributed by atoms with Gasteiger partial charge in [-0.15, -0.1) is 11.8 Å². The number of aryl methyl sites for hydroxylation is 2. The van der Waals surface area contributed by atoms with E-state index in [4.69, 9.17) is 10.9 Å². The van der Waals surface area contributed by atoms with Gasteiger partial charge in [0, 0.05) is 12.3 Å². The van der Waals surface area contributed by atoms with Crippen molar-refractivity contribution >= 4 is 17.6 Å². The van der Waals surface area contributed by atoms with Crippen LogP contribution in [0.5, 0.6) is 0 Å². The molecule has 0 aliphatic rings. The van der Waals surface area contributed by atoms with Crippen molar-refractivity contribution in [3.63, 3.8) is 0 Å². The molecule has 0 aromatic carbocycles. The average Bonchev–Trinajstić information content (AvgIpc) is 2.40. The second-order valence-electron chi connectivity index (χ2n) is 3.54. The van der Waals surface area contributed by atoms with E-state index in [-0.39, 0.29) is 5.84 Å². The lowest BCUT2D eigenvalue weighted by Crippen LogP contribution is -2.15. The summed E-state index contributed by atoms with van der Waals surface area (Å²) in [5, 5.41) is 17.3. The second-order valence-corrected chi connectivity index (χ2v) is 5.11. The van der Waals surface area contributed by atoms with E-state index in [1.165, 1.54) is 0 Å². The molecule has 0 fully saturated rings. The van der Waals surface area contributed by atoms with Crippen LogP contribution in [0.4, 0.5) is 0 Å². The van der Waals surface area contributed by atoms with Gasteiger partial charge in [0.1, 0.15) is 5.03 Å². The molecular weight excluding hydrogens is 212 g/mol. The quantitative estimate of drug-likeness (QED) is 0.269. The average molecular weight is 228 g/mol. The van der Waals surface area contributed by atoms with Gasteiger partial charge in [-0.05, 0) is 6.92 Å². The Kier molecular flexibility index (Phi) is 3.62. The van der Waals surface area contributed by atoms with Crippen LogP contribution in [0, 0.1) is 6.92 Å². The van der Waals surface area contributed by atoms with E-state index >= 15 is 0 Å². The third-order valence-corrected chi connectivity index (χ3v) is 3.04. The van der Waals surface area contributed by atoms with Crippen molar-refractivity contribution < 1.29 is 5.21 Å². The van der Waals surface area contributed by atoms with E-state index in [9.17, 15) is 0 Å². The van der Waals surface area contributed by atoms with Crippen LogP contribution < -0.4 is 5.73 Å². The maximum Gasteiger partial charge on any atom is 0.174 e. The molecule has 15 heavy (non-hydrogen) atoms. The monoisotopic (exact) mass is 228 g/mol. The Morgan fingerprint density at radius 2 is 2.20 bits per heavy atom. The predicted molar refractivity (Wildman–Crippen MR) is 61.4 cm³/mol. The summed E-state index contributed by atoms with van der Waals surface area (Å²) in [4.78, 5) is 0. The molecule has 84 valence electrons. The maximum atomic E-state index is 8.70. The molecule has 1 aromatic heterocycles. The molecule has 0 bridgehead atoms. The SMILES string of the molecule is Cc1nn(C)c(SC(C)C)c1C(N)=NO. The van der Waals surface area contributed by atoms with E-state index in [0.717, 1.165) is 16.3 Å². The van der Waals surface area contributed by atoms with Crippen molar-refractivity contribution in [2.45, 2.75) is 31.0 Å². The highest BCUT2D eigenvalue weighted by Gasteiger charge is 2.18. The summed E-state index contributed by atoms with van der Waals surface area (Å²) < 4.78 is 1.76. The molecule has 0 spiro atoms. The zero-order valence-corrected chi connectivity index (χ0v) is 10.2. The van der Waals surface area contributed by atoms with Gasteiger partial charge in [-0.25, -0.2) is 0 Å². The number of nitrogens with zero attached hydrogens (tertiary/aromatic N) is 3. The summed E-state index contributed by atoms with van der Waals surface area (Å²) in [6.45, 7) is 6.02. The van der Waals surface area contributed by atoms with Crippen LogP contribution in [0.2, 0.25) is 0 Å². The lowest BCUT2D eigenvalue weighted by atomic mass is 10.2. The molecule has 3 N–H and O–H groups in total. The van der Waals surface area contributed by atoms with Gasteiger partial charge in [-0.2, -0.15) is 5.10 Å². The summed E-state index contributed by atoms with van der Waals surface area (Å²) in [6, 6.07) is 0. The number of rotatable bonds is 3. The van der Waals surface area contributed by atoms with Gasteiger partial charge in [0.15, 0.2) is 5.84 Å². The van der Waals surface area contributed by atoms with Crippen LogP contribution >= 0.6 is 11.8 Å². The highest BCUT2D eigenvalue weighted by molar-refractivity contribution is 7.99. The fourth-order valence-electron chi connectivity index (χ4n) is 1.34. The topological polar surface area (TPSA) is 76.4 Å². The largest absolute Gasteiger partial charge is 0.409 e. The Hall–Kier alpha value is -1.17.